The predicted molar refractivity (Wildman–Crippen MR) is 72.1 cm³/mol. The molecule has 0 bridgehead atoms. The minimum Gasteiger partial charge on any atom is -0.497 e. The van der Waals surface area contributed by atoms with Crippen LogP contribution in [0.3, 0.4) is 0 Å². The highest BCUT2D eigenvalue weighted by Gasteiger charge is 2.21. The van der Waals surface area contributed by atoms with Crippen molar-refractivity contribution in [2.24, 2.45) is 0 Å². The van der Waals surface area contributed by atoms with Crippen LogP contribution in [0.15, 0.2) is 18.2 Å². The van der Waals surface area contributed by atoms with Crippen molar-refractivity contribution in [1.29, 1.82) is 0 Å². The van der Waals surface area contributed by atoms with Crippen molar-refractivity contribution < 1.29 is 24.1 Å². The van der Waals surface area contributed by atoms with Gasteiger partial charge in [-0.05, 0) is 12.1 Å². The van der Waals surface area contributed by atoms with E-state index in [0.29, 0.717) is 22.9 Å². The van der Waals surface area contributed by atoms with E-state index in [1.807, 2.05) is 0 Å². The Labute approximate surface area is 120 Å². The van der Waals surface area contributed by atoms with Crippen LogP contribution in [-0.4, -0.2) is 47.4 Å². The van der Waals surface area contributed by atoms with Crippen molar-refractivity contribution in [2.75, 3.05) is 21.3 Å². The second-order valence-corrected chi connectivity index (χ2v) is 4.07. The molecule has 0 aliphatic rings. The first kappa shape index (κ1) is 14.8. The number of carboxylic acids is 1. The van der Waals surface area contributed by atoms with Crippen LogP contribution >= 0.6 is 0 Å². The summed E-state index contributed by atoms with van der Waals surface area (Å²) in [6.45, 7) is 0.0593. The third-order valence-corrected chi connectivity index (χ3v) is 2.86. The fourth-order valence-electron chi connectivity index (χ4n) is 1.89. The van der Waals surface area contributed by atoms with Gasteiger partial charge in [-0.1, -0.05) is 5.21 Å². The van der Waals surface area contributed by atoms with Crippen LogP contribution in [0.4, 0.5) is 0 Å². The molecule has 0 amide bonds. The summed E-state index contributed by atoms with van der Waals surface area (Å²) in [5.74, 6) is -0.0724. The Morgan fingerprint density at radius 3 is 2.62 bits per heavy atom. The number of ether oxygens (including phenoxy) is 3. The molecule has 0 atom stereocenters. The van der Waals surface area contributed by atoms with Gasteiger partial charge in [-0.3, -0.25) is 0 Å². The predicted octanol–water partition coefficient (Wildman–Crippen LogP) is 1.13. The maximum atomic E-state index is 11.2. The number of rotatable bonds is 6. The van der Waals surface area contributed by atoms with E-state index in [1.54, 1.807) is 25.3 Å². The zero-order valence-corrected chi connectivity index (χ0v) is 11.9. The van der Waals surface area contributed by atoms with Gasteiger partial charge in [0.2, 0.25) is 0 Å². The number of carbonyl (C=O) groups is 1. The second-order valence-electron chi connectivity index (χ2n) is 4.07. The molecule has 0 aliphatic heterocycles. The van der Waals surface area contributed by atoms with E-state index < -0.39 is 5.97 Å². The van der Waals surface area contributed by atoms with Crippen LogP contribution in [0.2, 0.25) is 0 Å². The van der Waals surface area contributed by atoms with Crippen molar-refractivity contribution in [2.45, 2.75) is 6.61 Å². The minimum atomic E-state index is -1.17. The molecule has 1 N–H and O–H groups in total. The standard InChI is InChI=1S/C13H15N3O5/c1-19-7-10-12(13(17)18)14-15-16(10)9-5-4-8(20-2)6-11(9)21-3/h4-6H,7H2,1-3H3,(H,17,18). The first-order chi connectivity index (χ1) is 10.1. The largest absolute Gasteiger partial charge is 0.497 e. The van der Waals surface area contributed by atoms with Crippen LogP contribution in [0.5, 0.6) is 11.5 Å². The normalized spacial score (nSPS) is 10.4. The lowest BCUT2D eigenvalue weighted by molar-refractivity contribution is 0.0685. The Bertz CT molecular complexity index is 653. The van der Waals surface area contributed by atoms with Gasteiger partial charge in [0, 0.05) is 13.2 Å². The zero-order chi connectivity index (χ0) is 15.4. The number of hydrogen-bond donors (Lipinski definition) is 1. The molecule has 8 nitrogen and oxygen atoms in total. The third kappa shape index (κ3) is 2.79. The molecule has 1 heterocycles. The Hall–Kier alpha value is -2.61. The molecule has 2 rings (SSSR count). The first-order valence-electron chi connectivity index (χ1n) is 6.01. The molecular weight excluding hydrogens is 278 g/mol. The summed E-state index contributed by atoms with van der Waals surface area (Å²) >= 11 is 0. The molecule has 0 aliphatic carbocycles. The highest BCUT2D eigenvalue weighted by atomic mass is 16.5. The topological polar surface area (TPSA) is 95.7 Å². The maximum Gasteiger partial charge on any atom is 0.358 e. The molecule has 1 aromatic heterocycles. The summed E-state index contributed by atoms with van der Waals surface area (Å²) in [4.78, 5) is 11.2. The Morgan fingerprint density at radius 1 is 1.29 bits per heavy atom. The number of nitrogens with zero attached hydrogens (tertiary/aromatic N) is 3. The molecule has 0 fully saturated rings. The average molecular weight is 293 g/mol. The number of carboxylic acid groups (broad SMARTS) is 1. The molecule has 1 aromatic carbocycles. The molecule has 8 heteroatoms. The highest BCUT2D eigenvalue weighted by molar-refractivity contribution is 5.86. The van der Waals surface area contributed by atoms with Crippen molar-refractivity contribution >= 4 is 5.97 Å². The van der Waals surface area contributed by atoms with Gasteiger partial charge in [-0.2, -0.15) is 0 Å². The van der Waals surface area contributed by atoms with Gasteiger partial charge >= 0.3 is 5.97 Å². The van der Waals surface area contributed by atoms with Crippen LogP contribution in [0.25, 0.3) is 5.69 Å². The van der Waals surface area contributed by atoms with Gasteiger partial charge in [-0.25, -0.2) is 9.48 Å². The number of hydrogen-bond acceptors (Lipinski definition) is 6. The summed E-state index contributed by atoms with van der Waals surface area (Å²) in [7, 11) is 4.51. The Morgan fingerprint density at radius 2 is 2.05 bits per heavy atom. The second kappa shape index (κ2) is 6.23. The lowest BCUT2D eigenvalue weighted by Crippen LogP contribution is -2.09. The minimum absolute atomic E-state index is 0.0593. The monoisotopic (exact) mass is 293 g/mol. The zero-order valence-electron chi connectivity index (χ0n) is 11.9. The number of benzene rings is 1. The summed E-state index contributed by atoms with van der Waals surface area (Å²) in [5, 5.41) is 16.7. The third-order valence-electron chi connectivity index (χ3n) is 2.86. The lowest BCUT2D eigenvalue weighted by atomic mass is 10.2. The van der Waals surface area contributed by atoms with Gasteiger partial charge in [0.25, 0.3) is 0 Å². The first-order valence-corrected chi connectivity index (χ1v) is 6.01. The van der Waals surface area contributed by atoms with E-state index in [-0.39, 0.29) is 12.3 Å². The molecular formula is C13H15N3O5. The fourth-order valence-corrected chi connectivity index (χ4v) is 1.89. The Kier molecular flexibility index (Phi) is 4.39. The van der Waals surface area contributed by atoms with E-state index in [4.69, 9.17) is 19.3 Å². The molecule has 0 unspecified atom stereocenters. The van der Waals surface area contributed by atoms with Gasteiger partial charge in [0.15, 0.2) is 5.69 Å². The van der Waals surface area contributed by atoms with Crippen molar-refractivity contribution in [1.82, 2.24) is 15.0 Å². The van der Waals surface area contributed by atoms with Crippen LogP contribution in [0, 0.1) is 0 Å². The summed E-state index contributed by atoms with van der Waals surface area (Å²) in [5.41, 5.74) is 0.716. The Balaban J connectivity index is 2.58. The van der Waals surface area contributed by atoms with Gasteiger partial charge in [0.1, 0.15) is 22.9 Å². The van der Waals surface area contributed by atoms with Crippen molar-refractivity contribution in [3.8, 4) is 17.2 Å². The number of methoxy groups -OCH3 is 3. The lowest BCUT2D eigenvalue weighted by Gasteiger charge is -2.12. The van der Waals surface area contributed by atoms with Gasteiger partial charge < -0.3 is 19.3 Å². The van der Waals surface area contributed by atoms with Gasteiger partial charge in [-0.15, -0.1) is 5.10 Å². The summed E-state index contributed by atoms with van der Waals surface area (Å²) in [6, 6.07) is 5.10. The quantitative estimate of drug-likeness (QED) is 0.852. The van der Waals surface area contributed by atoms with E-state index in [2.05, 4.69) is 10.3 Å². The summed E-state index contributed by atoms with van der Waals surface area (Å²) in [6.07, 6.45) is 0. The molecule has 0 spiro atoms. The van der Waals surface area contributed by atoms with Crippen molar-refractivity contribution in [3.05, 3.63) is 29.6 Å². The molecule has 2 aromatic rings. The van der Waals surface area contributed by atoms with Crippen LogP contribution in [0.1, 0.15) is 16.2 Å². The highest BCUT2D eigenvalue weighted by Crippen LogP contribution is 2.28. The van der Waals surface area contributed by atoms with Gasteiger partial charge in [0.05, 0.1) is 20.8 Å². The molecule has 0 saturated heterocycles. The van der Waals surface area contributed by atoms with E-state index in [1.165, 1.54) is 18.9 Å². The number of aromatic nitrogens is 3. The smallest absolute Gasteiger partial charge is 0.358 e. The number of aromatic carboxylic acids is 1. The molecule has 21 heavy (non-hydrogen) atoms. The van der Waals surface area contributed by atoms with E-state index in [0.717, 1.165) is 0 Å². The maximum absolute atomic E-state index is 11.2. The van der Waals surface area contributed by atoms with Crippen LogP contribution in [-0.2, 0) is 11.3 Å². The van der Waals surface area contributed by atoms with Crippen molar-refractivity contribution in [3.63, 3.8) is 0 Å². The fraction of sp³-hybridized carbons (Fsp3) is 0.308. The van der Waals surface area contributed by atoms with Crippen LogP contribution < -0.4 is 9.47 Å². The summed E-state index contributed by atoms with van der Waals surface area (Å²) < 4.78 is 16.8. The molecule has 112 valence electrons. The van der Waals surface area contributed by atoms with E-state index in [9.17, 15) is 4.79 Å². The SMILES string of the molecule is COCc1c(C(=O)O)nnn1-c1ccc(OC)cc1OC. The molecule has 0 saturated carbocycles. The molecule has 0 radical (unpaired) electrons. The van der Waals surface area contributed by atoms with E-state index >= 15 is 0 Å². The average Bonchev–Trinajstić information content (AvgIpc) is 2.90.